The van der Waals surface area contributed by atoms with Gasteiger partial charge in [0.2, 0.25) is 5.91 Å². The number of nitrogens with two attached hydrogens (primary N) is 1. The summed E-state index contributed by atoms with van der Waals surface area (Å²) in [6.45, 7) is 3.03. The van der Waals surface area contributed by atoms with Gasteiger partial charge in [-0.2, -0.15) is 0 Å². The fraction of sp³-hybridized carbons (Fsp3) is 0.500. The van der Waals surface area contributed by atoms with Gasteiger partial charge >= 0.3 is 6.03 Å². The molecule has 108 valence electrons. The van der Waals surface area contributed by atoms with Crippen molar-refractivity contribution in [3.8, 4) is 0 Å². The van der Waals surface area contributed by atoms with E-state index in [0.29, 0.717) is 25.9 Å². The molecular weight excluding hydrogens is 256 g/mol. The van der Waals surface area contributed by atoms with E-state index in [9.17, 15) is 9.59 Å². The number of carbonyl (C=O) groups is 2. The zero-order chi connectivity index (χ0) is 14.5. The van der Waals surface area contributed by atoms with Crippen LogP contribution in [0.5, 0.6) is 0 Å². The maximum absolute atomic E-state index is 12.1. The van der Waals surface area contributed by atoms with Gasteiger partial charge in [0.05, 0.1) is 11.7 Å². The van der Waals surface area contributed by atoms with Crippen LogP contribution in [0.3, 0.4) is 0 Å². The van der Waals surface area contributed by atoms with Crippen LogP contribution in [-0.4, -0.2) is 34.9 Å². The molecule has 1 saturated heterocycles. The molecule has 6 heteroatoms. The van der Waals surface area contributed by atoms with Crippen LogP contribution < -0.4 is 11.1 Å². The first kappa shape index (κ1) is 14.3. The van der Waals surface area contributed by atoms with Gasteiger partial charge in [-0.05, 0) is 31.9 Å². The summed E-state index contributed by atoms with van der Waals surface area (Å²) in [7, 11) is 0. The monoisotopic (exact) mass is 276 g/mol. The third-order valence-corrected chi connectivity index (χ3v) is 3.66. The van der Waals surface area contributed by atoms with Crippen molar-refractivity contribution < 1.29 is 9.59 Å². The van der Waals surface area contributed by atoms with Crippen LogP contribution in [0.15, 0.2) is 24.4 Å². The summed E-state index contributed by atoms with van der Waals surface area (Å²) >= 11 is 0. The Morgan fingerprint density at radius 3 is 2.65 bits per heavy atom. The third-order valence-electron chi connectivity index (χ3n) is 3.66. The van der Waals surface area contributed by atoms with Gasteiger partial charge in [0.25, 0.3) is 0 Å². The number of nitrogens with zero attached hydrogens (tertiary/aromatic N) is 2. The number of hydrogen-bond acceptors (Lipinski definition) is 3. The molecule has 20 heavy (non-hydrogen) atoms. The predicted molar refractivity (Wildman–Crippen MR) is 74.7 cm³/mol. The van der Waals surface area contributed by atoms with Crippen molar-refractivity contribution in [2.24, 2.45) is 11.7 Å². The van der Waals surface area contributed by atoms with Gasteiger partial charge < -0.3 is 16.0 Å². The number of amides is 3. The van der Waals surface area contributed by atoms with Gasteiger partial charge in [-0.15, -0.1) is 0 Å². The van der Waals surface area contributed by atoms with Crippen molar-refractivity contribution in [3.05, 3.63) is 30.1 Å². The Labute approximate surface area is 118 Å². The Kier molecular flexibility index (Phi) is 4.55. The summed E-state index contributed by atoms with van der Waals surface area (Å²) in [6.07, 6.45) is 2.98. The second-order valence-corrected chi connectivity index (χ2v) is 5.09. The summed E-state index contributed by atoms with van der Waals surface area (Å²) in [4.78, 5) is 29.2. The molecule has 0 bridgehead atoms. The van der Waals surface area contributed by atoms with Crippen molar-refractivity contribution in [3.63, 3.8) is 0 Å². The van der Waals surface area contributed by atoms with E-state index in [1.54, 1.807) is 11.1 Å². The number of piperidine rings is 1. The Balaban J connectivity index is 1.85. The maximum Gasteiger partial charge on any atom is 0.317 e. The number of likely N-dealkylation sites (tertiary alicyclic amines) is 1. The van der Waals surface area contributed by atoms with E-state index < -0.39 is 0 Å². The molecule has 1 aliphatic rings. The van der Waals surface area contributed by atoms with Crippen molar-refractivity contribution in [1.82, 2.24) is 15.2 Å². The average Bonchev–Trinajstić information content (AvgIpc) is 2.48. The molecule has 1 fully saturated rings. The SMILES string of the molecule is C[C@H](NC(=O)N1CCC(C(N)=O)CC1)c1ccccn1. The van der Waals surface area contributed by atoms with Crippen LogP contribution in [0.1, 0.15) is 31.5 Å². The molecule has 3 amide bonds. The maximum atomic E-state index is 12.1. The quantitative estimate of drug-likeness (QED) is 0.864. The minimum atomic E-state index is -0.271. The molecule has 0 saturated carbocycles. The fourth-order valence-electron chi connectivity index (χ4n) is 2.35. The van der Waals surface area contributed by atoms with Gasteiger partial charge in [0.1, 0.15) is 0 Å². The topological polar surface area (TPSA) is 88.3 Å². The molecule has 0 aliphatic carbocycles. The zero-order valence-corrected chi connectivity index (χ0v) is 11.6. The first-order chi connectivity index (χ1) is 9.58. The summed E-state index contributed by atoms with van der Waals surface area (Å²) in [5.74, 6) is -0.376. The summed E-state index contributed by atoms with van der Waals surface area (Å²) in [5.41, 5.74) is 6.11. The first-order valence-electron chi connectivity index (χ1n) is 6.83. The normalized spacial score (nSPS) is 17.6. The van der Waals surface area contributed by atoms with Crippen molar-refractivity contribution in [1.29, 1.82) is 0 Å². The van der Waals surface area contributed by atoms with Crippen molar-refractivity contribution in [2.75, 3.05) is 13.1 Å². The highest BCUT2D eigenvalue weighted by Gasteiger charge is 2.26. The number of pyridine rings is 1. The number of nitrogens with one attached hydrogen (secondary N) is 1. The predicted octanol–water partition coefficient (Wildman–Crippen LogP) is 1.05. The molecular formula is C14H20N4O2. The van der Waals surface area contributed by atoms with Gasteiger partial charge in [-0.3, -0.25) is 9.78 Å². The van der Waals surface area contributed by atoms with Crippen LogP contribution in [0.2, 0.25) is 0 Å². The average molecular weight is 276 g/mol. The number of primary amides is 1. The minimum absolute atomic E-state index is 0.104. The number of urea groups is 1. The van der Waals surface area contributed by atoms with E-state index in [-0.39, 0.29) is 23.9 Å². The molecule has 1 aromatic rings. The van der Waals surface area contributed by atoms with Gasteiger partial charge in [0, 0.05) is 25.2 Å². The number of carbonyl (C=O) groups excluding carboxylic acids is 2. The van der Waals surface area contributed by atoms with E-state index in [4.69, 9.17) is 5.73 Å². The highest BCUT2D eigenvalue weighted by Crippen LogP contribution is 2.17. The van der Waals surface area contributed by atoms with Crippen LogP contribution in [0.25, 0.3) is 0 Å². The Morgan fingerprint density at radius 2 is 2.10 bits per heavy atom. The lowest BCUT2D eigenvalue weighted by molar-refractivity contribution is -0.123. The van der Waals surface area contributed by atoms with E-state index >= 15 is 0 Å². The molecule has 1 aromatic heterocycles. The van der Waals surface area contributed by atoms with E-state index in [2.05, 4.69) is 10.3 Å². The number of hydrogen-bond donors (Lipinski definition) is 2. The summed E-state index contributed by atoms with van der Waals surface area (Å²) in [6, 6.07) is 5.35. The number of rotatable bonds is 3. The molecule has 0 spiro atoms. The summed E-state index contributed by atoms with van der Waals surface area (Å²) < 4.78 is 0. The molecule has 1 aliphatic heterocycles. The largest absolute Gasteiger partial charge is 0.369 e. The molecule has 0 aromatic carbocycles. The zero-order valence-electron chi connectivity index (χ0n) is 11.6. The van der Waals surface area contributed by atoms with Crippen LogP contribution >= 0.6 is 0 Å². The summed E-state index contributed by atoms with van der Waals surface area (Å²) in [5, 5.41) is 2.92. The second-order valence-electron chi connectivity index (χ2n) is 5.09. The second kappa shape index (κ2) is 6.36. The molecule has 6 nitrogen and oxygen atoms in total. The van der Waals surface area contributed by atoms with Crippen LogP contribution in [-0.2, 0) is 4.79 Å². The van der Waals surface area contributed by atoms with Gasteiger partial charge in [-0.1, -0.05) is 6.07 Å². The molecule has 0 radical (unpaired) electrons. The smallest absolute Gasteiger partial charge is 0.317 e. The minimum Gasteiger partial charge on any atom is -0.369 e. The van der Waals surface area contributed by atoms with Crippen molar-refractivity contribution >= 4 is 11.9 Å². The van der Waals surface area contributed by atoms with E-state index in [1.807, 2.05) is 25.1 Å². The van der Waals surface area contributed by atoms with Gasteiger partial charge in [-0.25, -0.2) is 4.79 Å². The lowest BCUT2D eigenvalue weighted by Gasteiger charge is -2.31. The molecule has 2 rings (SSSR count). The molecule has 1 atom stereocenters. The Bertz CT molecular complexity index is 469. The molecule has 3 N–H and O–H groups in total. The highest BCUT2D eigenvalue weighted by atomic mass is 16.2. The lowest BCUT2D eigenvalue weighted by atomic mass is 9.96. The highest BCUT2D eigenvalue weighted by molar-refractivity contribution is 5.78. The first-order valence-corrected chi connectivity index (χ1v) is 6.83. The van der Waals surface area contributed by atoms with E-state index in [1.165, 1.54) is 0 Å². The lowest BCUT2D eigenvalue weighted by Crippen LogP contribution is -2.46. The van der Waals surface area contributed by atoms with Crippen LogP contribution in [0, 0.1) is 5.92 Å². The van der Waals surface area contributed by atoms with Gasteiger partial charge in [0.15, 0.2) is 0 Å². The Hall–Kier alpha value is -2.11. The van der Waals surface area contributed by atoms with Crippen LogP contribution in [0.4, 0.5) is 4.79 Å². The van der Waals surface area contributed by atoms with Crippen molar-refractivity contribution in [2.45, 2.75) is 25.8 Å². The number of aromatic nitrogens is 1. The van der Waals surface area contributed by atoms with E-state index in [0.717, 1.165) is 5.69 Å². The fourth-order valence-corrected chi connectivity index (χ4v) is 2.35. The standard InChI is InChI=1S/C14H20N4O2/c1-10(12-4-2-3-7-16-12)17-14(20)18-8-5-11(6-9-18)13(15)19/h2-4,7,10-11H,5-6,8-9H2,1H3,(H2,15,19)(H,17,20)/t10-/m0/s1. The molecule has 2 heterocycles. The Morgan fingerprint density at radius 1 is 1.40 bits per heavy atom. The third kappa shape index (κ3) is 3.46. The molecule has 0 unspecified atom stereocenters.